The van der Waals surface area contributed by atoms with E-state index in [-0.39, 0.29) is 5.91 Å². The molecule has 0 radical (unpaired) electrons. The Balaban J connectivity index is 1.43. The van der Waals surface area contributed by atoms with E-state index in [0.717, 1.165) is 34.8 Å². The van der Waals surface area contributed by atoms with E-state index in [2.05, 4.69) is 40.3 Å². The molecule has 27 heavy (non-hydrogen) atoms. The fourth-order valence-electron chi connectivity index (χ4n) is 3.79. The number of amides is 1. The number of aromatic amines is 1. The Labute approximate surface area is 157 Å². The number of carbonyl (C=O) groups excluding carboxylic acids is 1. The number of benzene rings is 2. The molecule has 0 saturated heterocycles. The van der Waals surface area contributed by atoms with Crippen LogP contribution in [0, 0.1) is 0 Å². The molecule has 3 heterocycles. The molecule has 4 aromatic rings. The first-order valence-electron chi connectivity index (χ1n) is 9.20. The fourth-order valence-corrected chi connectivity index (χ4v) is 3.79. The number of hydrogen-bond acceptors (Lipinski definition) is 2. The summed E-state index contributed by atoms with van der Waals surface area (Å²) in [5, 5.41) is 2.08. The monoisotopic (exact) mass is 353 g/mol. The average molecular weight is 353 g/mol. The largest absolute Gasteiger partial charge is 0.349 e. The molecule has 1 amide bonds. The molecule has 0 spiro atoms. The molecule has 132 valence electrons. The maximum Gasteiger partial charge on any atom is 0.270 e. The molecule has 0 unspecified atom stereocenters. The second kappa shape index (κ2) is 6.40. The SMILES string of the molecule is O=C(c1cc2ccc3cccnc3c2[nH]1)N1CC=C(c2ccccc2)CC1. The van der Waals surface area contributed by atoms with Crippen LogP contribution in [0.15, 0.2) is 72.9 Å². The summed E-state index contributed by atoms with van der Waals surface area (Å²) in [4.78, 5) is 22.7. The number of hydrogen-bond donors (Lipinski definition) is 1. The Hall–Kier alpha value is -3.40. The van der Waals surface area contributed by atoms with E-state index < -0.39 is 0 Å². The second-order valence-corrected chi connectivity index (χ2v) is 6.88. The molecule has 4 nitrogen and oxygen atoms in total. The molecule has 0 aliphatic carbocycles. The van der Waals surface area contributed by atoms with Gasteiger partial charge in [0, 0.05) is 30.1 Å². The van der Waals surface area contributed by atoms with Crippen molar-refractivity contribution in [2.45, 2.75) is 6.42 Å². The quantitative estimate of drug-likeness (QED) is 0.570. The maximum absolute atomic E-state index is 13.0. The van der Waals surface area contributed by atoms with Gasteiger partial charge in [-0.25, -0.2) is 0 Å². The van der Waals surface area contributed by atoms with E-state index in [1.54, 1.807) is 6.20 Å². The predicted molar refractivity (Wildman–Crippen MR) is 109 cm³/mol. The van der Waals surface area contributed by atoms with Crippen LogP contribution in [0.4, 0.5) is 0 Å². The lowest BCUT2D eigenvalue weighted by atomic mass is 9.99. The van der Waals surface area contributed by atoms with Crippen molar-refractivity contribution in [3.8, 4) is 0 Å². The summed E-state index contributed by atoms with van der Waals surface area (Å²) in [7, 11) is 0. The van der Waals surface area contributed by atoms with Crippen LogP contribution in [-0.4, -0.2) is 33.9 Å². The summed E-state index contributed by atoms with van der Waals surface area (Å²) < 4.78 is 0. The number of rotatable bonds is 2. The van der Waals surface area contributed by atoms with Gasteiger partial charge in [0.2, 0.25) is 0 Å². The van der Waals surface area contributed by atoms with Crippen molar-refractivity contribution in [1.29, 1.82) is 0 Å². The first kappa shape index (κ1) is 15.8. The third-order valence-corrected chi connectivity index (χ3v) is 5.24. The maximum atomic E-state index is 13.0. The minimum atomic E-state index is 0.0404. The highest BCUT2D eigenvalue weighted by molar-refractivity contribution is 6.07. The Morgan fingerprint density at radius 3 is 2.67 bits per heavy atom. The molecule has 1 aliphatic rings. The Bertz CT molecular complexity index is 1170. The average Bonchev–Trinajstić information content (AvgIpc) is 3.19. The summed E-state index contributed by atoms with van der Waals surface area (Å²) in [6, 6.07) is 20.3. The number of fused-ring (bicyclic) bond motifs is 3. The van der Waals surface area contributed by atoms with Crippen LogP contribution in [0.3, 0.4) is 0 Å². The molecule has 1 N–H and O–H groups in total. The van der Waals surface area contributed by atoms with E-state index in [1.807, 2.05) is 41.3 Å². The van der Waals surface area contributed by atoms with Gasteiger partial charge in [0.25, 0.3) is 5.91 Å². The van der Waals surface area contributed by atoms with Crippen molar-refractivity contribution >= 4 is 33.3 Å². The molecular formula is C23H19N3O. The van der Waals surface area contributed by atoms with E-state index >= 15 is 0 Å². The van der Waals surface area contributed by atoms with Gasteiger partial charge in [-0.05, 0) is 29.7 Å². The minimum absolute atomic E-state index is 0.0404. The number of nitrogens with one attached hydrogen (secondary N) is 1. The lowest BCUT2D eigenvalue weighted by Crippen LogP contribution is -2.34. The van der Waals surface area contributed by atoms with Gasteiger partial charge in [0.15, 0.2) is 0 Å². The van der Waals surface area contributed by atoms with Crippen LogP contribution in [0.2, 0.25) is 0 Å². The molecule has 1 aliphatic heterocycles. The fraction of sp³-hybridized carbons (Fsp3) is 0.130. The van der Waals surface area contributed by atoms with Gasteiger partial charge in [-0.3, -0.25) is 9.78 Å². The van der Waals surface area contributed by atoms with Gasteiger partial charge in [0.05, 0.1) is 11.0 Å². The van der Waals surface area contributed by atoms with Gasteiger partial charge in [-0.15, -0.1) is 0 Å². The summed E-state index contributed by atoms with van der Waals surface area (Å²) in [5.74, 6) is 0.0404. The molecular weight excluding hydrogens is 334 g/mol. The van der Waals surface area contributed by atoms with Crippen LogP contribution in [-0.2, 0) is 0 Å². The van der Waals surface area contributed by atoms with Gasteiger partial charge >= 0.3 is 0 Å². The van der Waals surface area contributed by atoms with Crippen molar-refractivity contribution in [1.82, 2.24) is 14.9 Å². The van der Waals surface area contributed by atoms with Gasteiger partial charge < -0.3 is 9.88 Å². The molecule has 0 bridgehead atoms. The molecule has 4 heteroatoms. The van der Waals surface area contributed by atoms with Gasteiger partial charge in [-0.2, -0.15) is 0 Å². The lowest BCUT2D eigenvalue weighted by Gasteiger charge is -2.26. The zero-order valence-electron chi connectivity index (χ0n) is 14.9. The molecule has 2 aromatic heterocycles. The first-order chi connectivity index (χ1) is 13.3. The normalized spacial score (nSPS) is 14.5. The Kier molecular flexibility index (Phi) is 3.75. The van der Waals surface area contributed by atoms with E-state index in [0.29, 0.717) is 12.2 Å². The van der Waals surface area contributed by atoms with Crippen molar-refractivity contribution in [2.24, 2.45) is 0 Å². The molecule has 5 rings (SSSR count). The van der Waals surface area contributed by atoms with Gasteiger partial charge in [-0.1, -0.05) is 54.6 Å². The summed E-state index contributed by atoms with van der Waals surface area (Å²) in [6.07, 6.45) is 4.82. The standard InChI is InChI=1S/C23H19N3O/c27-23(26-13-10-17(11-14-26)16-5-2-1-3-6-16)20-15-19-9-8-18-7-4-12-24-21(18)22(19)25-20/h1-10,12,15,25H,11,13-14H2. The number of carbonyl (C=O) groups is 1. The summed E-state index contributed by atoms with van der Waals surface area (Å²) in [5.41, 5.74) is 5.01. The summed E-state index contributed by atoms with van der Waals surface area (Å²) >= 11 is 0. The van der Waals surface area contributed by atoms with Crippen LogP contribution >= 0.6 is 0 Å². The highest BCUT2D eigenvalue weighted by atomic mass is 16.2. The molecule has 2 aromatic carbocycles. The molecule has 0 saturated carbocycles. The minimum Gasteiger partial charge on any atom is -0.349 e. The van der Waals surface area contributed by atoms with Crippen molar-refractivity contribution in [3.63, 3.8) is 0 Å². The number of aromatic nitrogens is 2. The van der Waals surface area contributed by atoms with Crippen LogP contribution in [0.5, 0.6) is 0 Å². The van der Waals surface area contributed by atoms with Crippen LogP contribution in [0.25, 0.3) is 27.4 Å². The van der Waals surface area contributed by atoms with Crippen molar-refractivity contribution in [2.75, 3.05) is 13.1 Å². The second-order valence-electron chi connectivity index (χ2n) is 6.88. The third-order valence-electron chi connectivity index (χ3n) is 5.24. The van der Waals surface area contributed by atoms with Gasteiger partial charge in [0.1, 0.15) is 5.69 Å². The molecule has 0 atom stereocenters. The smallest absolute Gasteiger partial charge is 0.270 e. The highest BCUT2D eigenvalue weighted by Crippen LogP contribution is 2.26. The third kappa shape index (κ3) is 2.79. The van der Waals surface area contributed by atoms with Crippen molar-refractivity contribution in [3.05, 3.63) is 84.2 Å². The topological polar surface area (TPSA) is 49.0 Å². The zero-order valence-corrected chi connectivity index (χ0v) is 14.9. The van der Waals surface area contributed by atoms with Crippen LogP contribution in [0.1, 0.15) is 22.5 Å². The Morgan fingerprint density at radius 1 is 1.00 bits per heavy atom. The zero-order chi connectivity index (χ0) is 18.2. The first-order valence-corrected chi connectivity index (χ1v) is 9.20. The number of nitrogens with zero attached hydrogens (tertiary/aromatic N) is 2. The summed E-state index contributed by atoms with van der Waals surface area (Å²) in [6.45, 7) is 1.37. The van der Waals surface area contributed by atoms with Crippen molar-refractivity contribution < 1.29 is 4.79 Å². The molecule has 0 fully saturated rings. The van der Waals surface area contributed by atoms with Crippen LogP contribution < -0.4 is 0 Å². The Morgan fingerprint density at radius 2 is 1.85 bits per heavy atom. The predicted octanol–water partition coefficient (Wildman–Crippen LogP) is 4.65. The highest BCUT2D eigenvalue weighted by Gasteiger charge is 2.21. The lowest BCUT2D eigenvalue weighted by molar-refractivity contribution is 0.0768. The van der Waals surface area contributed by atoms with E-state index in [4.69, 9.17) is 0 Å². The number of pyridine rings is 1. The number of H-pyrrole nitrogens is 1. The van der Waals surface area contributed by atoms with E-state index in [1.165, 1.54) is 11.1 Å². The van der Waals surface area contributed by atoms with E-state index in [9.17, 15) is 4.79 Å².